The first-order valence-electron chi connectivity index (χ1n) is 1.33. The first-order valence-corrected chi connectivity index (χ1v) is 10.9. The summed E-state index contributed by atoms with van der Waals surface area (Å²) in [7, 11) is 0. The molecule has 0 saturated carbocycles. The monoisotopic (exact) mass is 728 g/mol. The molecule has 8 nitrogen and oxygen atoms in total. The molecule has 12 heavy (non-hydrogen) atoms. The third-order valence-electron chi connectivity index (χ3n) is 0. The van der Waals surface area contributed by atoms with E-state index in [-0.39, 0.29) is 50.4 Å². The van der Waals surface area contributed by atoms with Crippen molar-refractivity contribution in [3.8, 4) is 0 Å². The van der Waals surface area contributed by atoms with Crippen molar-refractivity contribution in [3.63, 3.8) is 0 Å². The molecule has 0 N–H and O–H groups in total. The van der Waals surface area contributed by atoms with Crippen LogP contribution in [0.25, 0.3) is 0 Å². The van der Waals surface area contributed by atoms with Gasteiger partial charge in [-0.05, 0) is 0 Å². The van der Waals surface area contributed by atoms with E-state index in [0.717, 1.165) is 0 Å². The van der Waals surface area contributed by atoms with Crippen LogP contribution in [0.1, 0.15) is 0 Å². The third-order valence-corrected chi connectivity index (χ3v) is 0. The Kier molecular flexibility index (Phi) is 19.1. The molecule has 0 aliphatic rings. The van der Waals surface area contributed by atoms with E-state index < -0.39 is 33.5 Å². The van der Waals surface area contributed by atoms with Gasteiger partial charge in [0.25, 0.3) is 0 Å². The van der Waals surface area contributed by atoms with Crippen LogP contribution >= 0.6 is 0 Å². The maximum absolute atomic E-state index is 8.65. The first-order chi connectivity index (χ1) is 4.00. The fourth-order valence-electron chi connectivity index (χ4n) is 0. The molecule has 12 heteroatoms. The molecule has 0 aliphatic heterocycles. The van der Waals surface area contributed by atoms with Crippen molar-refractivity contribution in [1.82, 2.24) is 0 Å². The fourth-order valence-corrected chi connectivity index (χ4v) is 0. The van der Waals surface area contributed by atoms with Gasteiger partial charge in [0.2, 0.25) is 0 Å². The zero-order chi connectivity index (χ0) is 9.00. The molecule has 0 aromatic rings. The largest absolute Gasteiger partial charge is 2.00 e. The van der Waals surface area contributed by atoms with E-state index in [1.165, 1.54) is 0 Å². The zero-order valence-electron chi connectivity index (χ0n) is 5.29. The van der Waals surface area contributed by atoms with Crippen molar-refractivity contribution < 1.29 is 62.1 Å². The van der Waals surface area contributed by atoms with E-state index in [4.69, 9.17) is 28.6 Å². The first kappa shape index (κ1) is 23.7. The summed E-state index contributed by atoms with van der Waals surface area (Å²) in [5.41, 5.74) is 0. The summed E-state index contributed by atoms with van der Waals surface area (Å²) in [5.74, 6) is 0. The summed E-state index contributed by atoms with van der Waals surface area (Å²) in [6, 6.07) is 0. The standard InChI is InChI=1S/Mg.8O.Pb.2W/q+2;;;;;4*-1;+2;;. The Morgan fingerprint density at radius 3 is 0.667 bits per heavy atom. The van der Waals surface area contributed by atoms with Crippen LogP contribution in [-0.2, 0) is 47.1 Å². The van der Waals surface area contributed by atoms with E-state index in [9.17, 15) is 0 Å². The fraction of sp³-hybridized carbons (Fsp3) is 0. The van der Waals surface area contributed by atoms with E-state index in [1.54, 1.807) is 0 Å². The summed E-state index contributed by atoms with van der Waals surface area (Å²) in [6.07, 6.45) is 0. The molecular formula is MgO8PbW2. The Morgan fingerprint density at radius 1 is 0.667 bits per heavy atom. The van der Waals surface area contributed by atoms with Gasteiger partial charge in [-0.25, -0.2) is 0 Å². The van der Waals surface area contributed by atoms with Crippen LogP contribution in [0.5, 0.6) is 0 Å². The minimum Gasteiger partial charge on any atom is 2.00 e. The second-order valence-electron chi connectivity index (χ2n) is 0.816. The Balaban J connectivity index is -0.0000000457. The van der Waals surface area contributed by atoms with E-state index in [0.29, 0.717) is 0 Å². The molecule has 66 valence electrons. The van der Waals surface area contributed by atoms with Crippen LogP contribution in [0.2, 0.25) is 0 Å². The van der Waals surface area contributed by atoms with Crippen molar-refractivity contribution in [2.24, 2.45) is 0 Å². The van der Waals surface area contributed by atoms with E-state index in [1.807, 2.05) is 0 Å². The predicted molar refractivity (Wildman–Crippen MR) is 14.3 cm³/mol. The average molecular weight is 727 g/mol. The second kappa shape index (κ2) is 9.65. The molecule has 0 amide bonds. The molecule has 0 saturated heterocycles. The average Bonchev–Trinajstić information content (AvgIpc) is 1.12. The molecule has 0 rings (SSSR count). The van der Waals surface area contributed by atoms with Gasteiger partial charge >= 0.3 is 112 Å². The summed E-state index contributed by atoms with van der Waals surface area (Å²) < 4.78 is 69.2. The van der Waals surface area contributed by atoms with Gasteiger partial charge in [-0.15, -0.1) is 0 Å². The van der Waals surface area contributed by atoms with Crippen LogP contribution in [0, 0.1) is 0 Å². The minimum atomic E-state index is -6.17. The maximum Gasteiger partial charge on any atom is 2.00 e. The SMILES string of the molecule is [Mg+2].[O]=[W](=[O])([O-])[O-].[O]=[W](=[O])([O-])[O-].[Pb+2]. The number of hydrogen-bond donors (Lipinski definition) is 0. The Labute approximate surface area is 111 Å². The minimum absolute atomic E-state index is 0. The van der Waals surface area contributed by atoms with Gasteiger partial charge < -0.3 is 0 Å². The molecule has 2 radical (unpaired) electrons. The zero-order valence-corrected chi connectivity index (χ0v) is 16.5. The van der Waals surface area contributed by atoms with Crippen molar-refractivity contribution in [1.29, 1.82) is 0 Å². The maximum atomic E-state index is 8.65. The molecule has 0 spiro atoms. The predicted octanol–water partition coefficient (Wildman–Crippen LogP) is -6.00. The molecule has 0 aliphatic carbocycles. The molecule has 0 heterocycles. The van der Waals surface area contributed by atoms with Crippen molar-refractivity contribution in [2.45, 2.75) is 0 Å². The molecule has 0 unspecified atom stereocenters. The molecule has 0 bridgehead atoms. The summed E-state index contributed by atoms with van der Waals surface area (Å²) >= 11 is -12.3. The Hall–Kier alpha value is 2.10. The smallest absolute Gasteiger partial charge is 2.00 e. The van der Waals surface area contributed by atoms with E-state index >= 15 is 0 Å². The quantitative estimate of drug-likeness (QED) is 0.223. The van der Waals surface area contributed by atoms with Crippen molar-refractivity contribution in [3.05, 3.63) is 0 Å². The van der Waals surface area contributed by atoms with Crippen LogP contribution in [0.15, 0.2) is 0 Å². The van der Waals surface area contributed by atoms with Crippen LogP contribution < -0.4 is 15.0 Å². The van der Waals surface area contributed by atoms with Crippen LogP contribution in [0.3, 0.4) is 0 Å². The number of rotatable bonds is 0. The van der Waals surface area contributed by atoms with E-state index in [2.05, 4.69) is 0 Å². The molecule has 0 fully saturated rings. The topological polar surface area (TPSA) is 161 Å². The van der Waals surface area contributed by atoms with Gasteiger partial charge in [0.05, 0.1) is 0 Å². The summed E-state index contributed by atoms with van der Waals surface area (Å²) in [4.78, 5) is 0. The number of hydrogen-bond acceptors (Lipinski definition) is 8. The summed E-state index contributed by atoms with van der Waals surface area (Å²) in [6.45, 7) is 0. The summed E-state index contributed by atoms with van der Waals surface area (Å²) in [5, 5.41) is 0. The van der Waals surface area contributed by atoms with Gasteiger partial charge in [0, 0.05) is 0 Å². The van der Waals surface area contributed by atoms with Gasteiger partial charge in [0.15, 0.2) is 0 Å². The molecule has 0 atom stereocenters. The van der Waals surface area contributed by atoms with Gasteiger partial charge in [-0.3, -0.25) is 0 Å². The second-order valence-corrected chi connectivity index (χ2v) is 6.68. The Morgan fingerprint density at radius 2 is 0.667 bits per heavy atom. The van der Waals surface area contributed by atoms with Crippen LogP contribution in [0.4, 0.5) is 0 Å². The molecular weight excluding hydrogens is 727 g/mol. The normalized spacial score (nSPS) is 9.67. The van der Waals surface area contributed by atoms with Gasteiger partial charge in [-0.2, -0.15) is 0 Å². The third kappa shape index (κ3) is 337. The van der Waals surface area contributed by atoms with Gasteiger partial charge in [0.1, 0.15) is 0 Å². The van der Waals surface area contributed by atoms with Crippen molar-refractivity contribution in [2.75, 3.05) is 0 Å². The van der Waals surface area contributed by atoms with Crippen molar-refractivity contribution >= 4 is 50.4 Å². The molecule has 0 aromatic heterocycles. The molecule has 0 aromatic carbocycles. The van der Waals surface area contributed by atoms with Gasteiger partial charge in [-0.1, -0.05) is 0 Å². The van der Waals surface area contributed by atoms with Crippen LogP contribution in [-0.4, -0.2) is 50.4 Å². The Bertz CT molecular complexity index is 213.